The molecule has 3 heterocycles. The Morgan fingerprint density at radius 3 is 2.81 bits per heavy atom. The van der Waals surface area contributed by atoms with Gasteiger partial charge in [0.15, 0.2) is 0 Å². The molecule has 0 aliphatic rings. The van der Waals surface area contributed by atoms with Gasteiger partial charge in [0.2, 0.25) is 0 Å². The Kier molecular flexibility index (Phi) is 5.97. The van der Waals surface area contributed by atoms with Gasteiger partial charge in [0, 0.05) is 37.0 Å². The highest BCUT2D eigenvalue weighted by Crippen LogP contribution is 2.24. The van der Waals surface area contributed by atoms with Gasteiger partial charge in [0.05, 0.1) is 40.9 Å². The molecule has 0 amide bonds. The van der Waals surface area contributed by atoms with Crippen molar-refractivity contribution in [3.63, 3.8) is 0 Å². The Hall–Kier alpha value is -3.30. The number of nitrogens with zero attached hydrogens (tertiary/aromatic N) is 5. The predicted molar refractivity (Wildman–Crippen MR) is 120 cm³/mol. The summed E-state index contributed by atoms with van der Waals surface area (Å²) in [6, 6.07) is 9.19. The first-order valence-electron chi connectivity index (χ1n) is 9.88. The summed E-state index contributed by atoms with van der Waals surface area (Å²) in [5, 5.41) is 7.35. The van der Waals surface area contributed by atoms with E-state index in [1.165, 1.54) is 6.20 Å². The van der Waals surface area contributed by atoms with Crippen LogP contribution in [0, 0.1) is 0 Å². The summed E-state index contributed by atoms with van der Waals surface area (Å²) in [7, 11) is 3.69. The number of rotatable bonds is 7. The minimum atomic E-state index is -0.432. The molecule has 160 valence electrons. The maximum absolute atomic E-state index is 12.6. The van der Waals surface area contributed by atoms with E-state index < -0.39 is 5.97 Å². The second-order valence-corrected chi connectivity index (χ2v) is 7.95. The van der Waals surface area contributed by atoms with Gasteiger partial charge >= 0.3 is 5.97 Å². The number of aromatic nitrogens is 4. The quantitative estimate of drug-likeness (QED) is 0.414. The molecule has 0 N–H and O–H groups in total. The van der Waals surface area contributed by atoms with Crippen LogP contribution >= 0.6 is 11.3 Å². The lowest BCUT2D eigenvalue weighted by molar-refractivity contribution is 0.0524. The van der Waals surface area contributed by atoms with Crippen LogP contribution in [0.15, 0.2) is 52.2 Å². The Balaban J connectivity index is 1.83. The molecule has 8 nitrogen and oxygen atoms in total. The van der Waals surface area contributed by atoms with Crippen LogP contribution in [0.4, 0.5) is 0 Å². The molecule has 0 fully saturated rings. The number of hydrogen-bond donors (Lipinski definition) is 0. The lowest BCUT2D eigenvalue weighted by Gasteiger charge is -2.19. The van der Waals surface area contributed by atoms with Crippen molar-refractivity contribution in [2.75, 3.05) is 13.7 Å². The van der Waals surface area contributed by atoms with E-state index in [-0.39, 0.29) is 12.2 Å². The summed E-state index contributed by atoms with van der Waals surface area (Å²) in [6.45, 7) is 3.08. The number of carbonyl (C=O) groups excluding carboxylic acids is 1. The van der Waals surface area contributed by atoms with Crippen LogP contribution in [0.1, 0.15) is 28.7 Å². The summed E-state index contributed by atoms with van der Waals surface area (Å²) < 4.78 is 8.52. The number of ether oxygens (including phenoxy) is 1. The lowest BCUT2D eigenvalue weighted by Crippen LogP contribution is -2.23. The summed E-state index contributed by atoms with van der Waals surface area (Å²) in [6.07, 6.45) is 1.51. The Morgan fingerprint density at radius 1 is 1.26 bits per heavy atom. The zero-order valence-electron chi connectivity index (χ0n) is 17.6. The maximum atomic E-state index is 12.6. The third-order valence-electron chi connectivity index (χ3n) is 5.06. The number of carbonyl (C=O) groups is 1. The largest absolute Gasteiger partial charge is 0.462 e. The molecule has 4 rings (SSSR count). The molecule has 31 heavy (non-hydrogen) atoms. The van der Waals surface area contributed by atoms with Crippen molar-refractivity contribution in [2.24, 2.45) is 7.05 Å². The molecule has 0 aliphatic heterocycles. The molecule has 0 aliphatic carbocycles. The van der Waals surface area contributed by atoms with Crippen molar-refractivity contribution in [3.05, 3.63) is 74.7 Å². The molecule has 3 aromatic heterocycles. The van der Waals surface area contributed by atoms with Crippen LogP contribution in [0.3, 0.4) is 0 Å². The first-order valence-corrected chi connectivity index (χ1v) is 10.8. The molecular weight excluding hydrogens is 414 g/mol. The first-order chi connectivity index (χ1) is 15.0. The number of pyridine rings is 1. The van der Waals surface area contributed by atoms with Crippen molar-refractivity contribution in [3.8, 4) is 5.69 Å². The molecule has 0 bridgehead atoms. The number of hydrogen-bond acceptors (Lipinski definition) is 7. The van der Waals surface area contributed by atoms with Gasteiger partial charge in [-0.05, 0) is 20.0 Å². The molecule has 1 aromatic carbocycles. The molecule has 0 unspecified atom stereocenters. The van der Waals surface area contributed by atoms with Crippen LogP contribution in [0.2, 0.25) is 0 Å². The van der Waals surface area contributed by atoms with Gasteiger partial charge in [-0.25, -0.2) is 14.5 Å². The number of thiazole rings is 1. The molecule has 0 radical (unpaired) electrons. The van der Waals surface area contributed by atoms with E-state index in [1.54, 1.807) is 46.1 Å². The van der Waals surface area contributed by atoms with Crippen molar-refractivity contribution in [2.45, 2.75) is 20.0 Å². The van der Waals surface area contributed by atoms with E-state index in [0.29, 0.717) is 30.0 Å². The van der Waals surface area contributed by atoms with Gasteiger partial charge in [0.25, 0.3) is 5.56 Å². The van der Waals surface area contributed by atoms with Gasteiger partial charge in [-0.2, -0.15) is 5.10 Å². The minimum Gasteiger partial charge on any atom is -0.462 e. The topological polar surface area (TPSA) is 82.2 Å². The number of esters is 1. The van der Waals surface area contributed by atoms with Crippen LogP contribution in [-0.4, -0.2) is 43.9 Å². The fraction of sp³-hybridized carbons (Fsp3) is 0.273. The van der Waals surface area contributed by atoms with Crippen molar-refractivity contribution in [1.82, 2.24) is 24.2 Å². The van der Waals surface area contributed by atoms with Gasteiger partial charge < -0.3 is 9.30 Å². The van der Waals surface area contributed by atoms with Crippen molar-refractivity contribution < 1.29 is 9.53 Å². The summed E-state index contributed by atoms with van der Waals surface area (Å²) in [5.41, 5.74) is 5.07. The van der Waals surface area contributed by atoms with Crippen LogP contribution in [-0.2, 0) is 24.9 Å². The van der Waals surface area contributed by atoms with E-state index in [2.05, 4.69) is 15.0 Å². The van der Waals surface area contributed by atoms with Gasteiger partial charge in [-0.15, -0.1) is 11.3 Å². The third kappa shape index (κ3) is 4.14. The van der Waals surface area contributed by atoms with Gasteiger partial charge in [-0.1, -0.05) is 18.2 Å². The zero-order valence-corrected chi connectivity index (χ0v) is 18.4. The van der Waals surface area contributed by atoms with E-state index in [1.807, 2.05) is 36.7 Å². The molecule has 0 saturated carbocycles. The number of para-hydroxylation sites is 1. The second kappa shape index (κ2) is 8.83. The van der Waals surface area contributed by atoms with E-state index >= 15 is 0 Å². The second-order valence-electron chi connectivity index (χ2n) is 7.23. The molecule has 0 saturated heterocycles. The molecule has 0 atom stereocenters. The predicted octanol–water partition coefficient (Wildman–Crippen LogP) is 2.99. The smallest absolute Gasteiger partial charge is 0.341 e. The standard InChI is InChI=1S/C22H23N5O3S/c1-4-30-22(29)17-10-24-27(20(17)12-25(2)11-15-13-31-14-23-15)19-9-21(28)26(3)18-8-6-5-7-16(18)19/h5-10,13-14H,4,11-12H2,1-3H3. The number of fused-ring (bicyclic) bond motifs is 1. The van der Waals surface area contributed by atoms with Crippen molar-refractivity contribution >= 4 is 28.2 Å². The average Bonchev–Trinajstić information content (AvgIpc) is 3.41. The Bertz CT molecular complexity index is 1280. The van der Waals surface area contributed by atoms with E-state index in [9.17, 15) is 9.59 Å². The summed E-state index contributed by atoms with van der Waals surface area (Å²) in [5.74, 6) is -0.432. The zero-order chi connectivity index (χ0) is 22.0. The molecule has 4 aromatic rings. The molecule has 9 heteroatoms. The van der Waals surface area contributed by atoms with Crippen LogP contribution < -0.4 is 5.56 Å². The third-order valence-corrected chi connectivity index (χ3v) is 5.69. The van der Waals surface area contributed by atoms with Crippen molar-refractivity contribution in [1.29, 1.82) is 0 Å². The average molecular weight is 438 g/mol. The Morgan fingerprint density at radius 2 is 2.06 bits per heavy atom. The fourth-order valence-corrected chi connectivity index (χ4v) is 4.13. The molecular formula is C22H23N5O3S. The van der Waals surface area contributed by atoms with E-state index in [4.69, 9.17) is 4.74 Å². The maximum Gasteiger partial charge on any atom is 0.341 e. The highest BCUT2D eigenvalue weighted by molar-refractivity contribution is 7.07. The summed E-state index contributed by atoms with van der Waals surface area (Å²) in [4.78, 5) is 31.6. The van der Waals surface area contributed by atoms with Crippen LogP contribution in [0.5, 0.6) is 0 Å². The molecule has 0 spiro atoms. The van der Waals surface area contributed by atoms with Gasteiger partial charge in [-0.3, -0.25) is 9.69 Å². The highest BCUT2D eigenvalue weighted by Gasteiger charge is 2.22. The Labute approximate surface area is 183 Å². The van der Waals surface area contributed by atoms with E-state index in [0.717, 1.165) is 16.6 Å². The monoisotopic (exact) mass is 437 g/mol. The fourth-order valence-electron chi connectivity index (χ4n) is 3.58. The van der Waals surface area contributed by atoms with Crippen LogP contribution in [0.25, 0.3) is 16.6 Å². The SMILES string of the molecule is CCOC(=O)c1cnn(-c2cc(=O)n(C)c3ccccc23)c1CN(C)Cc1cscn1. The lowest BCUT2D eigenvalue weighted by atomic mass is 10.1. The first kappa shape index (κ1) is 21.0. The number of aryl methyl sites for hydroxylation is 1. The number of benzene rings is 1. The minimum absolute atomic E-state index is 0.149. The summed E-state index contributed by atoms with van der Waals surface area (Å²) >= 11 is 1.54. The highest BCUT2D eigenvalue weighted by atomic mass is 32.1. The van der Waals surface area contributed by atoms with Gasteiger partial charge in [0.1, 0.15) is 5.56 Å². The normalized spacial score (nSPS) is 11.4.